The number of hydrogen-bond acceptors (Lipinski definition) is 4. The molecular formula is C21H26N4O3. The molecule has 0 radical (unpaired) electrons. The van der Waals surface area contributed by atoms with Crippen LogP contribution in [0, 0.1) is 20.8 Å². The molecule has 2 aromatic rings. The van der Waals surface area contributed by atoms with E-state index in [4.69, 9.17) is 4.74 Å². The molecule has 0 spiro atoms. The predicted molar refractivity (Wildman–Crippen MR) is 108 cm³/mol. The minimum absolute atomic E-state index is 0.00733. The summed E-state index contributed by atoms with van der Waals surface area (Å²) in [6.07, 6.45) is 3.43. The van der Waals surface area contributed by atoms with Crippen molar-refractivity contribution in [3.05, 3.63) is 52.8 Å². The highest BCUT2D eigenvalue weighted by Gasteiger charge is 2.19. The summed E-state index contributed by atoms with van der Waals surface area (Å²) in [6, 6.07) is 10.1. The number of hydrogen-bond donors (Lipinski definition) is 2. The zero-order valence-corrected chi connectivity index (χ0v) is 16.5. The van der Waals surface area contributed by atoms with Crippen molar-refractivity contribution in [2.75, 3.05) is 13.2 Å². The Morgan fingerprint density at radius 1 is 1.25 bits per heavy atom. The van der Waals surface area contributed by atoms with E-state index in [0.29, 0.717) is 13.2 Å². The van der Waals surface area contributed by atoms with Gasteiger partial charge in [0.25, 0.3) is 0 Å². The molecule has 0 saturated carbocycles. The number of hydrazone groups is 1. The zero-order chi connectivity index (χ0) is 20.1. The van der Waals surface area contributed by atoms with Gasteiger partial charge in [0.15, 0.2) is 0 Å². The molecule has 2 amide bonds. The van der Waals surface area contributed by atoms with Gasteiger partial charge in [0.05, 0.1) is 12.3 Å². The van der Waals surface area contributed by atoms with E-state index in [1.807, 2.05) is 32.0 Å². The number of ether oxygens (including phenoxy) is 1. The van der Waals surface area contributed by atoms with E-state index in [1.54, 1.807) is 6.21 Å². The van der Waals surface area contributed by atoms with Gasteiger partial charge in [-0.3, -0.25) is 9.59 Å². The van der Waals surface area contributed by atoms with Gasteiger partial charge in [0.2, 0.25) is 0 Å². The topological polar surface area (TPSA) is 84.7 Å². The average molecular weight is 382 g/mol. The number of nitrogens with zero attached hydrogens (tertiary/aromatic N) is 2. The molecule has 148 valence electrons. The quantitative estimate of drug-likeness (QED) is 0.472. The standard InChI is InChI=1S/C21H26N4O3/c1-14-7-4-5-9-19(14)25-15(2)11-17(16(25)3)12-23-24-21(27)20(26)22-13-18-8-6-10-28-18/h4-5,7,9,11-12,18H,6,8,10,13H2,1-3H3,(H,22,26)(H,24,27)/b23-12-/t18-/m0/s1. The van der Waals surface area contributed by atoms with Crippen molar-refractivity contribution >= 4 is 18.0 Å². The van der Waals surface area contributed by atoms with E-state index in [-0.39, 0.29) is 6.10 Å². The van der Waals surface area contributed by atoms with Crippen LogP contribution < -0.4 is 10.7 Å². The van der Waals surface area contributed by atoms with E-state index in [1.165, 1.54) is 5.56 Å². The normalized spacial score (nSPS) is 16.5. The summed E-state index contributed by atoms with van der Waals surface area (Å²) in [5, 5.41) is 6.52. The number of rotatable bonds is 5. The molecule has 1 aliphatic heterocycles. The molecule has 1 saturated heterocycles. The van der Waals surface area contributed by atoms with Crippen LogP contribution in [-0.2, 0) is 14.3 Å². The number of carbonyl (C=O) groups excluding carboxylic acids is 2. The third-order valence-electron chi connectivity index (χ3n) is 4.92. The second-order valence-electron chi connectivity index (χ2n) is 6.99. The Morgan fingerprint density at radius 2 is 2.04 bits per heavy atom. The molecule has 28 heavy (non-hydrogen) atoms. The van der Waals surface area contributed by atoms with E-state index >= 15 is 0 Å². The van der Waals surface area contributed by atoms with Crippen LogP contribution in [-0.4, -0.2) is 41.9 Å². The molecule has 2 heterocycles. The van der Waals surface area contributed by atoms with E-state index < -0.39 is 11.8 Å². The second-order valence-corrected chi connectivity index (χ2v) is 6.99. The Labute approximate surface area is 164 Å². The lowest BCUT2D eigenvalue weighted by Gasteiger charge is -2.12. The van der Waals surface area contributed by atoms with Crippen molar-refractivity contribution in [3.63, 3.8) is 0 Å². The van der Waals surface area contributed by atoms with Crippen LogP contribution in [0.5, 0.6) is 0 Å². The van der Waals surface area contributed by atoms with Gasteiger partial charge >= 0.3 is 11.8 Å². The maximum Gasteiger partial charge on any atom is 0.329 e. The SMILES string of the molecule is Cc1ccccc1-n1c(C)cc(/C=N\NC(=O)C(=O)NC[C@@H]2CCCO2)c1C. The first-order valence-electron chi connectivity index (χ1n) is 9.45. The average Bonchev–Trinajstić information content (AvgIpc) is 3.29. The summed E-state index contributed by atoms with van der Waals surface area (Å²) in [7, 11) is 0. The minimum atomic E-state index is -0.790. The summed E-state index contributed by atoms with van der Waals surface area (Å²) < 4.78 is 7.56. The van der Waals surface area contributed by atoms with Gasteiger partial charge in [0.1, 0.15) is 0 Å². The minimum Gasteiger partial charge on any atom is -0.376 e. The number of aromatic nitrogens is 1. The van der Waals surface area contributed by atoms with Crippen molar-refractivity contribution in [3.8, 4) is 5.69 Å². The molecule has 3 rings (SSSR count). The summed E-state index contributed by atoms with van der Waals surface area (Å²) in [5.74, 6) is -1.50. The van der Waals surface area contributed by atoms with Crippen molar-refractivity contribution < 1.29 is 14.3 Å². The lowest BCUT2D eigenvalue weighted by molar-refractivity contribution is -0.139. The van der Waals surface area contributed by atoms with Crippen LogP contribution in [0.15, 0.2) is 35.4 Å². The number of para-hydroxylation sites is 1. The third kappa shape index (κ3) is 4.48. The number of amides is 2. The maximum absolute atomic E-state index is 11.9. The molecular weight excluding hydrogens is 356 g/mol. The molecule has 1 aromatic carbocycles. The Bertz CT molecular complexity index is 895. The van der Waals surface area contributed by atoms with Gasteiger partial charge in [-0.25, -0.2) is 5.43 Å². The molecule has 0 unspecified atom stereocenters. The van der Waals surface area contributed by atoms with Crippen LogP contribution in [0.4, 0.5) is 0 Å². The maximum atomic E-state index is 11.9. The summed E-state index contributed by atoms with van der Waals surface area (Å²) >= 11 is 0. The molecule has 1 aliphatic rings. The van der Waals surface area contributed by atoms with E-state index in [9.17, 15) is 9.59 Å². The largest absolute Gasteiger partial charge is 0.376 e. The summed E-state index contributed by atoms with van der Waals surface area (Å²) in [6.45, 7) is 7.13. The van der Waals surface area contributed by atoms with Gasteiger partial charge in [-0.15, -0.1) is 0 Å². The highest BCUT2D eigenvalue weighted by molar-refractivity contribution is 6.35. The van der Waals surface area contributed by atoms with Crippen LogP contribution >= 0.6 is 0 Å². The number of aryl methyl sites for hydroxylation is 2. The molecule has 7 heteroatoms. The van der Waals surface area contributed by atoms with E-state index in [0.717, 1.165) is 35.5 Å². The van der Waals surface area contributed by atoms with Crippen LogP contribution in [0.3, 0.4) is 0 Å². The second kappa shape index (κ2) is 8.84. The number of carbonyl (C=O) groups is 2. The Morgan fingerprint density at radius 3 is 2.75 bits per heavy atom. The first kappa shape index (κ1) is 19.8. The summed E-state index contributed by atoms with van der Waals surface area (Å²) in [4.78, 5) is 23.7. The fourth-order valence-electron chi connectivity index (χ4n) is 3.41. The molecule has 0 bridgehead atoms. The van der Waals surface area contributed by atoms with Gasteiger partial charge in [-0.1, -0.05) is 18.2 Å². The molecule has 7 nitrogen and oxygen atoms in total. The predicted octanol–water partition coefficient (Wildman–Crippen LogP) is 2.15. The lowest BCUT2D eigenvalue weighted by Crippen LogP contribution is -2.41. The Balaban J connectivity index is 1.61. The van der Waals surface area contributed by atoms with Gasteiger partial charge in [-0.05, 0) is 51.3 Å². The monoisotopic (exact) mass is 382 g/mol. The van der Waals surface area contributed by atoms with Gasteiger partial charge in [-0.2, -0.15) is 5.10 Å². The highest BCUT2D eigenvalue weighted by Crippen LogP contribution is 2.22. The molecule has 0 aliphatic carbocycles. The fraction of sp³-hybridized carbons (Fsp3) is 0.381. The van der Waals surface area contributed by atoms with E-state index in [2.05, 4.69) is 39.5 Å². The third-order valence-corrected chi connectivity index (χ3v) is 4.92. The first-order chi connectivity index (χ1) is 13.5. The van der Waals surface area contributed by atoms with Crippen molar-refractivity contribution in [1.29, 1.82) is 0 Å². The Hall–Kier alpha value is -2.93. The van der Waals surface area contributed by atoms with Crippen LogP contribution in [0.1, 0.15) is 35.4 Å². The number of benzene rings is 1. The smallest absolute Gasteiger partial charge is 0.329 e. The first-order valence-corrected chi connectivity index (χ1v) is 9.45. The molecule has 1 fully saturated rings. The molecule has 1 atom stereocenters. The molecule has 2 N–H and O–H groups in total. The lowest BCUT2D eigenvalue weighted by atomic mass is 10.2. The van der Waals surface area contributed by atoms with Gasteiger partial charge in [0, 0.05) is 35.8 Å². The summed E-state index contributed by atoms with van der Waals surface area (Å²) in [5.41, 5.74) is 7.50. The fourth-order valence-corrected chi connectivity index (χ4v) is 3.41. The number of nitrogens with one attached hydrogen (secondary N) is 2. The van der Waals surface area contributed by atoms with Crippen molar-refractivity contribution in [1.82, 2.24) is 15.3 Å². The van der Waals surface area contributed by atoms with Crippen molar-refractivity contribution in [2.45, 2.75) is 39.7 Å². The van der Waals surface area contributed by atoms with Crippen molar-refractivity contribution in [2.24, 2.45) is 5.10 Å². The highest BCUT2D eigenvalue weighted by atomic mass is 16.5. The zero-order valence-electron chi connectivity index (χ0n) is 16.5. The van der Waals surface area contributed by atoms with Gasteiger partial charge < -0.3 is 14.6 Å². The Kier molecular flexibility index (Phi) is 6.26. The van der Waals surface area contributed by atoms with Crippen LogP contribution in [0.25, 0.3) is 5.69 Å². The molecule has 1 aromatic heterocycles. The van der Waals surface area contributed by atoms with Crippen LogP contribution in [0.2, 0.25) is 0 Å².